The Morgan fingerprint density at radius 2 is 1.68 bits per heavy atom. The van der Waals surface area contributed by atoms with Crippen molar-refractivity contribution in [3.05, 3.63) is 73.1 Å². The summed E-state index contributed by atoms with van der Waals surface area (Å²) in [4.78, 5) is 0. The summed E-state index contributed by atoms with van der Waals surface area (Å²) in [6.07, 6.45) is 12.5. The molecule has 1 unspecified atom stereocenters. The predicted molar refractivity (Wildman–Crippen MR) is 120 cm³/mol. The molecule has 0 bridgehead atoms. The Labute approximate surface area is 170 Å². The summed E-state index contributed by atoms with van der Waals surface area (Å²) >= 11 is 0. The summed E-state index contributed by atoms with van der Waals surface area (Å²) in [5.74, 6) is 0. The number of nitrogens with zero attached hydrogens (tertiary/aromatic N) is 1. The molecule has 3 atom stereocenters. The van der Waals surface area contributed by atoms with Gasteiger partial charge in [0, 0.05) is 30.9 Å². The lowest BCUT2D eigenvalue weighted by Crippen LogP contribution is -2.27. The summed E-state index contributed by atoms with van der Waals surface area (Å²) in [5.41, 5.74) is 2.89. The molecule has 2 aromatic heterocycles. The molecular weight excluding hydrogens is 384 g/mol. The van der Waals surface area contributed by atoms with Crippen molar-refractivity contribution in [2.24, 2.45) is 0 Å². The van der Waals surface area contributed by atoms with E-state index >= 15 is 0 Å². The minimum Gasteiger partial charge on any atom is -0.472 e. The van der Waals surface area contributed by atoms with Gasteiger partial charge in [0.05, 0.1) is 25.1 Å². The van der Waals surface area contributed by atoms with Crippen LogP contribution < -0.4 is 10.6 Å². The van der Waals surface area contributed by atoms with Gasteiger partial charge in [-0.15, -0.1) is 0 Å². The maximum absolute atomic E-state index is 5.52. The molecule has 3 nitrogen and oxygen atoms in total. The van der Waals surface area contributed by atoms with E-state index in [4.69, 9.17) is 8.83 Å². The first-order valence-electron chi connectivity index (χ1n) is 10.2. The molecular formula is C23H29NO2P2. The normalized spacial score (nSPS) is 22.4. The van der Waals surface area contributed by atoms with Crippen LogP contribution in [0.2, 0.25) is 0 Å². The average Bonchev–Trinajstić information content (AvgIpc) is 3.48. The van der Waals surface area contributed by atoms with E-state index in [0.29, 0.717) is 5.66 Å². The van der Waals surface area contributed by atoms with Crippen molar-refractivity contribution >= 4 is 26.8 Å². The number of unbranched alkanes of at least 4 members (excludes halogenated alkanes) is 1. The minimum absolute atomic E-state index is 0.291. The predicted octanol–water partition coefficient (Wildman–Crippen LogP) is 6.64. The highest BCUT2D eigenvalue weighted by Crippen LogP contribution is 2.71. The Kier molecular flexibility index (Phi) is 6.68. The van der Waals surface area contributed by atoms with E-state index in [1.807, 2.05) is 25.1 Å². The third kappa shape index (κ3) is 4.13. The summed E-state index contributed by atoms with van der Waals surface area (Å²) in [6, 6.07) is 15.5. The van der Waals surface area contributed by atoms with Crippen LogP contribution in [0.4, 0.5) is 0 Å². The molecule has 0 saturated carbocycles. The molecule has 1 aromatic carbocycles. The molecule has 1 fully saturated rings. The molecule has 0 radical (unpaired) electrons. The lowest BCUT2D eigenvalue weighted by Gasteiger charge is -2.40. The van der Waals surface area contributed by atoms with E-state index in [0.717, 1.165) is 12.2 Å². The summed E-state index contributed by atoms with van der Waals surface area (Å²) in [6.45, 7) is 5.89. The molecule has 28 heavy (non-hydrogen) atoms. The van der Waals surface area contributed by atoms with Crippen molar-refractivity contribution in [3.8, 4) is 0 Å². The fourth-order valence-electron chi connectivity index (χ4n) is 4.14. The first kappa shape index (κ1) is 19.9. The number of benzene rings is 1. The van der Waals surface area contributed by atoms with Crippen LogP contribution in [0.15, 0.2) is 76.4 Å². The maximum Gasteiger partial charge on any atom is 0.0995 e. The number of hydrogen-bond donors (Lipinski definition) is 0. The third-order valence-electron chi connectivity index (χ3n) is 5.52. The zero-order chi connectivity index (χ0) is 19.3. The van der Waals surface area contributed by atoms with Crippen LogP contribution in [0, 0.1) is 0 Å². The molecule has 0 spiro atoms. The summed E-state index contributed by atoms with van der Waals surface area (Å²) < 4.78 is 13.9. The molecule has 3 aromatic rings. The standard InChI is InChI=1S/C23H29NO2P2/c1-3-4-14-24(28(21-12-15-25-17-21)22-13-16-26-18-22)27-19(2)10-11-23(27)20-8-6-5-7-9-20/h5-9,12-13,15-19,23H,3-4,10-11,14H2,1-2H3/t19-,23+,27?/m0/s1. The zero-order valence-electron chi connectivity index (χ0n) is 16.7. The molecule has 1 saturated heterocycles. The first-order chi connectivity index (χ1) is 13.8. The topological polar surface area (TPSA) is 29.5 Å². The van der Waals surface area contributed by atoms with Gasteiger partial charge in [-0.3, -0.25) is 4.44 Å². The van der Waals surface area contributed by atoms with Crippen LogP contribution in [0.25, 0.3) is 0 Å². The fourth-order valence-corrected chi connectivity index (χ4v) is 11.5. The van der Waals surface area contributed by atoms with Crippen molar-refractivity contribution in [2.45, 2.75) is 50.8 Å². The van der Waals surface area contributed by atoms with Gasteiger partial charge < -0.3 is 8.83 Å². The van der Waals surface area contributed by atoms with Crippen LogP contribution >= 0.6 is 16.1 Å². The van der Waals surface area contributed by atoms with Crippen molar-refractivity contribution in [3.63, 3.8) is 0 Å². The van der Waals surface area contributed by atoms with Crippen molar-refractivity contribution in [1.29, 1.82) is 0 Å². The first-order valence-corrected chi connectivity index (χ1v) is 13.0. The Hall–Kier alpha value is -1.40. The summed E-state index contributed by atoms with van der Waals surface area (Å²) in [5, 5.41) is 2.59. The Morgan fingerprint density at radius 1 is 1.00 bits per heavy atom. The van der Waals surface area contributed by atoms with Gasteiger partial charge in [-0.2, -0.15) is 0 Å². The second kappa shape index (κ2) is 9.40. The molecule has 4 rings (SSSR count). The van der Waals surface area contributed by atoms with Gasteiger partial charge in [0.2, 0.25) is 0 Å². The average molecular weight is 413 g/mol. The quantitative estimate of drug-likeness (QED) is 0.388. The molecule has 5 heteroatoms. The Balaban J connectivity index is 1.75. The Bertz CT molecular complexity index is 785. The molecule has 1 aliphatic rings. The van der Waals surface area contributed by atoms with Crippen molar-refractivity contribution in [2.75, 3.05) is 6.54 Å². The molecule has 3 heterocycles. The van der Waals surface area contributed by atoms with Crippen LogP contribution in [-0.4, -0.2) is 16.6 Å². The fraction of sp³-hybridized carbons (Fsp3) is 0.391. The highest BCUT2D eigenvalue weighted by atomic mass is 31.2. The third-order valence-corrected chi connectivity index (χ3v) is 11.9. The largest absolute Gasteiger partial charge is 0.472 e. The minimum atomic E-state index is -0.632. The second-order valence-corrected chi connectivity index (χ2v) is 12.7. The van der Waals surface area contributed by atoms with Crippen LogP contribution in [0.5, 0.6) is 0 Å². The summed E-state index contributed by atoms with van der Waals surface area (Å²) in [7, 11) is -0.923. The molecule has 1 aliphatic heterocycles. The number of furan rings is 2. The highest BCUT2D eigenvalue weighted by Gasteiger charge is 2.41. The van der Waals surface area contributed by atoms with Gasteiger partial charge in [-0.25, -0.2) is 0 Å². The van der Waals surface area contributed by atoms with E-state index in [9.17, 15) is 0 Å². The van der Waals surface area contributed by atoms with Crippen molar-refractivity contribution < 1.29 is 8.83 Å². The second-order valence-electron chi connectivity index (χ2n) is 7.46. The van der Waals surface area contributed by atoms with E-state index in [1.165, 1.54) is 41.9 Å². The molecule has 0 N–H and O–H groups in total. The number of rotatable bonds is 8. The van der Waals surface area contributed by atoms with Crippen LogP contribution in [0.3, 0.4) is 0 Å². The maximum atomic E-state index is 5.52. The van der Waals surface area contributed by atoms with Gasteiger partial charge in [0.15, 0.2) is 0 Å². The monoisotopic (exact) mass is 413 g/mol. The van der Waals surface area contributed by atoms with E-state index < -0.39 is 8.07 Å². The number of hydrogen-bond acceptors (Lipinski definition) is 3. The van der Waals surface area contributed by atoms with Gasteiger partial charge in [-0.1, -0.05) is 50.6 Å². The van der Waals surface area contributed by atoms with Crippen LogP contribution in [0.1, 0.15) is 50.8 Å². The molecule has 148 valence electrons. The zero-order valence-corrected chi connectivity index (χ0v) is 18.5. The lowest BCUT2D eigenvalue weighted by molar-refractivity contribution is 0.568. The molecule has 0 amide bonds. The van der Waals surface area contributed by atoms with Crippen LogP contribution in [-0.2, 0) is 0 Å². The van der Waals surface area contributed by atoms with Gasteiger partial charge in [0.1, 0.15) is 0 Å². The van der Waals surface area contributed by atoms with E-state index in [2.05, 4.69) is 60.8 Å². The lowest BCUT2D eigenvalue weighted by atomic mass is 10.1. The highest BCUT2D eigenvalue weighted by molar-refractivity contribution is 7.79. The van der Waals surface area contributed by atoms with Gasteiger partial charge in [-0.05, 0) is 50.7 Å². The smallest absolute Gasteiger partial charge is 0.0995 e. The SMILES string of the molecule is CCCCN(P(c1ccoc1)c1ccoc1)P1[C@@H](c2ccccc2)CC[C@@H]1C. The Morgan fingerprint density at radius 3 is 2.25 bits per heavy atom. The van der Waals surface area contributed by atoms with E-state index in [1.54, 1.807) is 0 Å². The van der Waals surface area contributed by atoms with Gasteiger partial charge in [0.25, 0.3) is 0 Å². The van der Waals surface area contributed by atoms with Gasteiger partial charge >= 0.3 is 0 Å². The molecule has 0 aliphatic carbocycles. The van der Waals surface area contributed by atoms with E-state index in [-0.39, 0.29) is 8.07 Å². The van der Waals surface area contributed by atoms with Crippen molar-refractivity contribution in [1.82, 2.24) is 4.44 Å².